The van der Waals surface area contributed by atoms with Crippen LogP contribution in [0.3, 0.4) is 0 Å². The van der Waals surface area contributed by atoms with Gasteiger partial charge in [0.1, 0.15) is 6.04 Å². The van der Waals surface area contributed by atoms with Crippen molar-refractivity contribution in [1.82, 2.24) is 4.90 Å². The minimum absolute atomic E-state index is 0.220. The Labute approximate surface area is 104 Å². The number of hydrogen-bond donors (Lipinski definition) is 2. The van der Waals surface area contributed by atoms with Crippen molar-refractivity contribution in [3.63, 3.8) is 0 Å². The van der Waals surface area contributed by atoms with Gasteiger partial charge in [-0.3, -0.25) is 9.69 Å². The van der Waals surface area contributed by atoms with E-state index < -0.39 is 12.0 Å². The number of carboxylic acids is 1. The third-order valence-electron chi connectivity index (χ3n) is 3.61. The van der Waals surface area contributed by atoms with Gasteiger partial charge in [0.15, 0.2) is 0 Å². The summed E-state index contributed by atoms with van der Waals surface area (Å²) in [7, 11) is 0. The third-order valence-corrected chi connectivity index (χ3v) is 3.61. The van der Waals surface area contributed by atoms with Crippen molar-refractivity contribution in [2.75, 3.05) is 13.1 Å². The molecule has 4 heteroatoms. The number of aliphatic hydroxyl groups excluding tert-OH is 1. The highest BCUT2D eigenvalue weighted by atomic mass is 16.4. The van der Waals surface area contributed by atoms with Crippen molar-refractivity contribution in [3.8, 4) is 0 Å². The van der Waals surface area contributed by atoms with E-state index in [1.807, 2.05) is 11.8 Å². The van der Waals surface area contributed by atoms with Crippen LogP contribution in [-0.4, -0.2) is 46.3 Å². The van der Waals surface area contributed by atoms with Crippen LogP contribution < -0.4 is 0 Å². The van der Waals surface area contributed by atoms with Gasteiger partial charge in [-0.2, -0.15) is 0 Å². The monoisotopic (exact) mass is 243 g/mol. The molecule has 1 heterocycles. The van der Waals surface area contributed by atoms with Crippen LogP contribution in [0, 0.1) is 11.8 Å². The zero-order valence-electron chi connectivity index (χ0n) is 11.1. The van der Waals surface area contributed by atoms with E-state index in [4.69, 9.17) is 5.11 Å². The number of rotatable bonds is 5. The molecule has 0 amide bonds. The molecular weight excluding hydrogens is 218 g/mol. The number of piperidine rings is 1. The minimum atomic E-state index is -0.743. The lowest BCUT2D eigenvalue weighted by Gasteiger charge is -2.39. The van der Waals surface area contributed by atoms with Crippen LogP contribution >= 0.6 is 0 Å². The van der Waals surface area contributed by atoms with Crippen LogP contribution in [0.1, 0.15) is 40.0 Å². The van der Waals surface area contributed by atoms with Crippen LogP contribution in [-0.2, 0) is 4.79 Å². The molecule has 1 fully saturated rings. The molecule has 0 radical (unpaired) electrons. The van der Waals surface area contributed by atoms with Crippen molar-refractivity contribution in [3.05, 3.63) is 0 Å². The smallest absolute Gasteiger partial charge is 0.320 e. The summed E-state index contributed by atoms with van der Waals surface area (Å²) < 4.78 is 0. The standard InChI is InChI=1S/C13H25NO3/c1-4-11(13(16)17)14-6-5-12(15)10(8-14)7-9(2)3/h9-12,15H,4-8H2,1-3H3,(H,16,17)/t10-,11+,12-/m0/s1. The summed E-state index contributed by atoms with van der Waals surface area (Å²) in [6.07, 6.45) is 2.02. The molecule has 17 heavy (non-hydrogen) atoms. The topological polar surface area (TPSA) is 60.8 Å². The maximum Gasteiger partial charge on any atom is 0.320 e. The molecule has 0 aliphatic carbocycles. The summed E-state index contributed by atoms with van der Waals surface area (Å²) in [6, 6.07) is -0.392. The SMILES string of the molecule is CC[C@H](C(=O)O)N1CC[C@H](O)[C@@H](CC(C)C)C1. The molecule has 0 aromatic rings. The van der Waals surface area contributed by atoms with Gasteiger partial charge in [-0.05, 0) is 31.1 Å². The van der Waals surface area contributed by atoms with Gasteiger partial charge in [0.25, 0.3) is 0 Å². The van der Waals surface area contributed by atoms with Crippen LogP contribution in [0.4, 0.5) is 0 Å². The van der Waals surface area contributed by atoms with Crippen LogP contribution in [0.2, 0.25) is 0 Å². The van der Waals surface area contributed by atoms with Crippen molar-refractivity contribution in [2.24, 2.45) is 11.8 Å². The summed E-state index contributed by atoms with van der Waals surface area (Å²) in [6.45, 7) is 7.59. The second-order valence-electron chi connectivity index (χ2n) is 5.50. The fourth-order valence-electron chi connectivity index (χ4n) is 2.76. The molecule has 0 saturated carbocycles. The van der Waals surface area contributed by atoms with Gasteiger partial charge in [0, 0.05) is 13.1 Å². The Morgan fingerprint density at radius 3 is 2.59 bits per heavy atom. The maximum atomic E-state index is 11.1. The van der Waals surface area contributed by atoms with Gasteiger partial charge >= 0.3 is 5.97 Å². The predicted molar refractivity (Wildman–Crippen MR) is 66.9 cm³/mol. The highest BCUT2D eigenvalue weighted by Gasteiger charge is 2.33. The van der Waals surface area contributed by atoms with Crippen LogP contribution in [0.5, 0.6) is 0 Å². The average Bonchev–Trinajstić information content (AvgIpc) is 2.22. The molecule has 1 saturated heterocycles. The van der Waals surface area contributed by atoms with Crippen molar-refractivity contribution in [1.29, 1.82) is 0 Å². The molecule has 3 atom stereocenters. The zero-order valence-corrected chi connectivity index (χ0v) is 11.1. The highest BCUT2D eigenvalue weighted by Crippen LogP contribution is 2.25. The second kappa shape index (κ2) is 6.36. The van der Waals surface area contributed by atoms with Gasteiger partial charge in [-0.15, -0.1) is 0 Å². The summed E-state index contributed by atoms with van der Waals surface area (Å²) >= 11 is 0. The Morgan fingerprint density at radius 1 is 1.47 bits per heavy atom. The lowest BCUT2D eigenvalue weighted by molar-refractivity contribution is -0.145. The van der Waals surface area contributed by atoms with E-state index in [-0.39, 0.29) is 12.0 Å². The van der Waals surface area contributed by atoms with Crippen LogP contribution in [0.15, 0.2) is 0 Å². The molecule has 0 aromatic carbocycles. The Hall–Kier alpha value is -0.610. The molecule has 0 unspecified atom stereocenters. The summed E-state index contributed by atoms with van der Waals surface area (Å²) in [4.78, 5) is 13.2. The Morgan fingerprint density at radius 2 is 2.12 bits per heavy atom. The van der Waals surface area contributed by atoms with E-state index in [1.54, 1.807) is 0 Å². The molecule has 1 rings (SSSR count). The fourth-order valence-corrected chi connectivity index (χ4v) is 2.76. The van der Waals surface area contributed by atoms with E-state index in [2.05, 4.69) is 13.8 Å². The first-order valence-corrected chi connectivity index (χ1v) is 6.60. The summed E-state index contributed by atoms with van der Waals surface area (Å²) in [5, 5.41) is 19.1. The summed E-state index contributed by atoms with van der Waals surface area (Å²) in [5.41, 5.74) is 0. The Bertz CT molecular complexity index is 255. The number of aliphatic carboxylic acids is 1. The largest absolute Gasteiger partial charge is 0.480 e. The highest BCUT2D eigenvalue weighted by molar-refractivity contribution is 5.73. The quantitative estimate of drug-likeness (QED) is 0.769. The first-order valence-electron chi connectivity index (χ1n) is 6.60. The van der Waals surface area contributed by atoms with Gasteiger partial charge in [-0.25, -0.2) is 0 Å². The average molecular weight is 243 g/mol. The van der Waals surface area contributed by atoms with Crippen LogP contribution in [0.25, 0.3) is 0 Å². The van der Waals surface area contributed by atoms with Gasteiger partial charge in [0.2, 0.25) is 0 Å². The van der Waals surface area contributed by atoms with E-state index >= 15 is 0 Å². The number of nitrogens with zero attached hydrogens (tertiary/aromatic N) is 1. The van der Waals surface area contributed by atoms with Crippen molar-refractivity contribution >= 4 is 5.97 Å². The molecule has 4 nitrogen and oxygen atoms in total. The molecule has 1 aliphatic heterocycles. The van der Waals surface area contributed by atoms with Gasteiger partial charge < -0.3 is 10.2 Å². The summed E-state index contributed by atoms with van der Waals surface area (Å²) in [5.74, 6) is 0.0174. The fraction of sp³-hybridized carbons (Fsp3) is 0.923. The maximum absolute atomic E-state index is 11.1. The number of likely N-dealkylation sites (tertiary alicyclic amines) is 1. The number of aliphatic hydroxyl groups is 1. The number of carbonyl (C=O) groups is 1. The lowest BCUT2D eigenvalue weighted by atomic mass is 9.86. The number of carboxylic acid groups (broad SMARTS) is 1. The normalized spacial score (nSPS) is 28.3. The van der Waals surface area contributed by atoms with Crippen molar-refractivity contribution in [2.45, 2.75) is 52.2 Å². The van der Waals surface area contributed by atoms with E-state index in [9.17, 15) is 9.90 Å². The van der Waals surface area contributed by atoms with E-state index in [1.165, 1.54) is 0 Å². The van der Waals surface area contributed by atoms with E-state index in [0.29, 0.717) is 31.8 Å². The molecule has 1 aliphatic rings. The Balaban J connectivity index is 2.62. The third kappa shape index (κ3) is 3.96. The molecule has 0 aromatic heterocycles. The first-order chi connectivity index (χ1) is 7.95. The molecule has 0 bridgehead atoms. The van der Waals surface area contributed by atoms with Gasteiger partial charge in [0.05, 0.1) is 6.10 Å². The van der Waals surface area contributed by atoms with Gasteiger partial charge in [-0.1, -0.05) is 20.8 Å². The van der Waals surface area contributed by atoms with Crippen molar-refractivity contribution < 1.29 is 15.0 Å². The predicted octanol–water partition coefficient (Wildman–Crippen LogP) is 1.58. The Kier molecular flexibility index (Phi) is 5.40. The zero-order chi connectivity index (χ0) is 13.0. The molecule has 100 valence electrons. The molecular formula is C13H25NO3. The molecule has 2 N–H and O–H groups in total. The first kappa shape index (κ1) is 14.5. The van der Waals surface area contributed by atoms with E-state index in [0.717, 1.165) is 6.42 Å². The number of hydrogen-bond acceptors (Lipinski definition) is 3. The minimum Gasteiger partial charge on any atom is -0.480 e. The second-order valence-corrected chi connectivity index (χ2v) is 5.50. The lowest BCUT2D eigenvalue weighted by Crippen LogP contribution is -2.50. The molecule has 0 spiro atoms.